The van der Waals surface area contributed by atoms with Crippen molar-refractivity contribution >= 4 is 29.1 Å². The fraction of sp³-hybridized carbons (Fsp3) is 0.333. The molecule has 1 saturated heterocycles. The van der Waals surface area contributed by atoms with E-state index in [1.807, 2.05) is 25.9 Å². The SMILES string of the molecule is COc1ccc(/C(O)=C2/C(=O)C(=O)N(CCCN(C)C)C2c2ccc(Cl)cc2)c(C)c1. The van der Waals surface area contributed by atoms with E-state index in [9.17, 15) is 14.7 Å². The first-order valence-electron chi connectivity index (χ1n) is 10.1. The van der Waals surface area contributed by atoms with Crippen molar-refractivity contribution in [1.29, 1.82) is 0 Å². The molecule has 1 aliphatic rings. The zero-order valence-electron chi connectivity index (χ0n) is 18.2. The van der Waals surface area contributed by atoms with Crippen LogP contribution in [0.25, 0.3) is 5.76 Å². The smallest absolute Gasteiger partial charge is 0.295 e. The van der Waals surface area contributed by atoms with E-state index < -0.39 is 17.7 Å². The average Bonchev–Trinajstić information content (AvgIpc) is 2.98. The van der Waals surface area contributed by atoms with Gasteiger partial charge in [0.15, 0.2) is 0 Å². The number of ether oxygens (including phenoxy) is 1. The summed E-state index contributed by atoms with van der Waals surface area (Å²) in [4.78, 5) is 29.5. The standard InChI is InChI=1S/C24H27ClN2O4/c1-15-14-18(31-4)10-11-19(15)22(28)20-21(16-6-8-17(25)9-7-16)27(24(30)23(20)29)13-5-12-26(2)3/h6-11,14,21,28H,5,12-13H2,1-4H3/b22-20-. The van der Waals surface area contributed by atoms with Crippen LogP contribution in [-0.2, 0) is 9.59 Å². The maximum Gasteiger partial charge on any atom is 0.295 e. The van der Waals surface area contributed by atoms with Crippen molar-refractivity contribution < 1.29 is 19.4 Å². The van der Waals surface area contributed by atoms with E-state index in [4.69, 9.17) is 16.3 Å². The Hall–Kier alpha value is -2.83. The molecule has 0 spiro atoms. The van der Waals surface area contributed by atoms with Crippen LogP contribution in [0.2, 0.25) is 5.02 Å². The van der Waals surface area contributed by atoms with Crippen molar-refractivity contribution in [3.05, 3.63) is 69.8 Å². The van der Waals surface area contributed by atoms with Crippen LogP contribution < -0.4 is 4.74 Å². The average molecular weight is 443 g/mol. The highest BCUT2D eigenvalue weighted by Crippen LogP contribution is 2.40. The number of aliphatic hydroxyl groups excluding tert-OH is 1. The fourth-order valence-electron chi connectivity index (χ4n) is 3.83. The van der Waals surface area contributed by atoms with Crippen molar-refractivity contribution in [2.75, 3.05) is 34.3 Å². The zero-order valence-corrected chi connectivity index (χ0v) is 18.9. The Morgan fingerprint density at radius 3 is 2.42 bits per heavy atom. The number of ketones is 1. The van der Waals surface area contributed by atoms with Crippen LogP contribution >= 0.6 is 11.6 Å². The number of halogens is 1. The number of aliphatic hydroxyl groups is 1. The number of rotatable bonds is 7. The Morgan fingerprint density at radius 1 is 1.16 bits per heavy atom. The number of carbonyl (C=O) groups is 2. The minimum atomic E-state index is -0.683. The molecule has 1 amide bonds. The van der Waals surface area contributed by atoms with Crippen LogP contribution in [0.15, 0.2) is 48.0 Å². The topological polar surface area (TPSA) is 70.1 Å². The van der Waals surface area contributed by atoms with Gasteiger partial charge in [0.2, 0.25) is 0 Å². The van der Waals surface area contributed by atoms with Crippen LogP contribution in [0.1, 0.15) is 29.2 Å². The molecule has 0 saturated carbocycles. The summed E-state index contributed by atoms with van der Waals surface area (Å²) in [7, 11) is 5.47. The van der Waals surface area contributed by atoms with Gasteiger partial charge in [0.25, 0.3) is 11.7 Å². The molecule has 1 N–H and O–H groups in total. The first-order chi connectivity index (χ1) is 14.7. The molecule has 1 unspecified atom stereocenters. The van der Waals surface area contributed by atoms with Crippen LogP contribution in [0, 0.1) is 6.92 Å². The number of benzene rings is 2. The summed E-state index contributed by atoms with van der Waals surface area (Å²) in [6, 6.07) is 11.5. The quantitative estimate of drug-likeness (QED) is 0.398. The number of hydrogen-bond acceptors (Lipinski definition) is 5. The highest BCUT2D eigenvalue weighted by molar-refractivity contribution is 6.46. The second-order valence-electron chi connectivity index (χ2n) is 7.88. The first-order valence-corrected chi connectivity index (χ1v) is 10.5. The molecule has 1 heterocycles. The van der Waals surface area contributed by atoms with Crippen LogP contribution in [0.4, 0.5) is 0 Å². The molecule has 164 valence electrons. The minimum Gasteiger partial charge on any atom is -0.507 e. The molecule has 2 aromatic rings. The van der Waals surface area contributed by atoms with Gasteiger partial charge in [0, 0.05) is 17.1 Å². The van der Waals surface area contributed by atoms with Gasteiger partial charge in [0.1, 0.15) is 11.5 Å². The van der Waals surface area contributed by atoms with Gasteiger partial charge in [-0.05, 0) is 75.4 Å². The Balaban J connectivity index is 2.11. The summed E-state index contributed by atoms with van der Waals surface area (Å²) >= 11 is 6.05. The van der Waals surface area contributed by atoms with Gasteiger partial charge in [-0.15, -0.1) is 0 Å². The Labute approximate surface area is 187 Å². The van der Waals surface area contributed by atoms with Crippen molar-refractivity contribution in [3.8, 4) is 5.75 Å². The molecular formula is C24H27ClN2O4. The summed E-state index contributed by atoms with van der Waals surface area (Å²) in [5.74, 6) is -0.829. The largest absolute Gasteiger partial charge is 0.507 e. The van der Waals surface area contributed by atoms with Crippen LogP contribution in [-0.4, -0.2) is 60.9 Å². The lowest BCUT2D eigenvalue weighted by Crippen LogP contribution is -2.32. The van der Waals surface area contributed by atoms with Crippen molar-refractivity contribution in [2.24, 2.45) is 0 Å². The van der Waals surface area contributed by atoms with Gasteiger partial charge in [-0.1, -0.05) is 23.7 Å². The van der Waals surface area contributed by atoms with E-state index in [2.05, 4.69) is 0 Å². The van der Waals surface area contributed by atoms with Gasteiger partial charge < -0.3 is 19.6 Å². The maximum absolute atomic E-state index is 13.0. The molecule has 7 heteroatoms. The third kappa shape index (κ3) is 4.75. The van der Waals surface area contributed by atoms with Gasteiger partial charge in [-0.25, -0.2) is 0 Å². The lowest BCUT2D eigenvalue weighted by Gasteiger charge is -2.26. The molecule has 1 aliphatic heterocycles. The van der Waals surface area contributed by atoms with E-state index >= 15 is 0 Å². The first kappa shape index (κ1) is 22.8. The molecule has 0 bridgehead atoms. The van der Waals surface area contributed by atoms with Crippen LogP contribution in [0.3, 0.4) is 0 Å². The van der Waals surface area contributed by atoms with E-state index in [1.54, 1.807) is 54.5 Å². The summed E-state index contributed by atoms with van der Waals surface area (Å²) in [5.41, 5.74) is 2.04. The monoisotopic (exact) mass is 442 g/mol. The van der Waals surface area contributed by atoms with Gasteiger partial charge >= 0.3 is 0 Å². The van der Waals surface area contributed by atoms with E-state index in [-0.39, 0.29) is 11.3 Å². The lowest BCUT2D eigenvalue weighted by atomic mass is 9.94. The number of nitrogens with zero attached hydrogens (tertiary/aromatic N) is 2. The van der Waals surface area contributed by atoms with E-state index in [1.165, 1.54) is 0 Å². The highest BCUT2D eigenvalue weighted by atomic mass is 35.5. The summed E-state index contributed by atoms with van der Waals surface area (Å²) in [6.45, 7) is 2.99. The van der Waals surface area contributed by atoms with Gasteiger partial charge in [0.05, 0.1) is 18.7 Å². The summed E-state index contributed by atoms with van der Waals surface area (Å²) < 4.78 is 5.23. The van der Waals surface area contributed by atoms with Crippen molar-refractivity contribution in [2.45, 2.75) is 19.4 Å². The number of hydrogen-bond donors (Lipinski definition) is 1. The van der Waals surface area contributed by atoms with Crippen LogP contribution in [0.5, 0.6) is 5.75 Å². The predicted molar refractivity (Wildman–Crippen MR) is 121 cm³/mol. The van der Waals surface area contributed by atoms with Crippen molar-refractivity contribution in [3.63, 3.8) is 0 Å². The number of methoxy groups -OCH3 is 1. The Morgan fingerprint density at radius 2 is 1.84 bits per heavy atom. The Kier molecular flexibility index (Phi) is 7.03. The normalized spacial score (nSPS) is 18.1. The Bertz CT molecular complexity index is 1010. The van der Waals surface area contributed by atoms with E-state index in [0.717, 1.165) is 17.7 Å². The number of aryl methyl sites for hydroxylation is 1. The van der Waals surface area contributed by atoms with Gasteiger partial charge in [-0.2, -0.15) is 0 Å². The molecular weight excluding hydrogens is 416 g/mol. The lowest BCUT2D eigenvalue weighted by molar-refractivity contribution is -0.139. The molecule has 2 aromatic carbocycles. The summed E-state index contributed by atoms with van der Waals surface area (Å²) in [6.07, 6.45) is 0.700. The third-order valence-electron chi connectivity index (χ3n) is 5.42. The molecule has 0 aliphatic carbocycles. The third-order valence-corrected chi connectivity index (χ3v) is 5.67. The second kappa shape index (κ2) is 9.54. The molecule has 0 radical (unpaired) electrons. The second-order valence-corrected chi connectivity index (χ2v) is 8.32. The van der Waals surface area contributed by atoms with E-state index in [0.29, 0.717) is 29.3 Å². The minimum absolute atomic E-state index is 0.0884. The molecule has 1 fully saturated rings. The highest BCUT2D eigenvalue weighted by Gasteiger charge is 2.45. The predicted octanol–water partition coefficient (Wildman–Crippen LogP) is 4.03. The van der Waals surface area contributed by atoms with Gasteiger partial charge in [-0.3, -0.25) is 9.59 Å². The van der Waals surface area contributed by atoms with Crippen molar-refractivity contribution in [1.82, 2.24) is 9.80 Å². The number of Topliss-reactive ketones (excluding diaryl/α,β-unsaturated/α-hetero) is 1. The maximum atomic E-state index is 13.0. The number of likely N-dealkylation sites (tertiary alicyclic amines) is 1. The molecule has 3 rings (SSSR count). The fourth-order valence-corrected chi connectivity index (χ4v) is 3.96. The molecule has 0 aromatic heterocycles. The summed E-state index contributed by atoms with van der Waals surface area (Å²) in [5, 5.41) is 11.7. The number of amides is 1. The number of carbonyl (C=O) groups excluding carboxylic acids is 2. The molecule has 31 heavy (non-hydrogen) atoms. The molecule has 1 atom stereocenters. The molecule has 6 nitrogen and oxygen atoms in total. The zero-order chi connectivity index (χ0) is 22.7.